The van der Waals surface area contributed by atoms with Gasteiger partial charge in [-0.1, -0.05) is 78.9 Å². The van der Waals surface area contributed by atoms with E-state index in [0.29, 0.717) is 10.5 Å². The summed E-state index contributed by atoms with van der Waals surface area (Å²) < 4.78 is 14.3. The predicted octanol–water partition coefficient (Wildman–Crippen LogP) is 7.54. The van der Waals surface area contributed by atoms with E-state index < -0.39 is 10.8 Å². The van der Waals surface area contributed by atoms with Gasteiger partial charge < -0.3 is 5.32 Å². The Hall–Kier alpha value is -3.83. The lowest BCUT2D eigenvalue weighted by atomic mass is 9.47. The van der Waals surface area contributed by atoms with Gasteiger partial charge in [-0.15, -0.1) is 11.3 Å². The molecule has 4 aliphatic carbocycles. The summed E-state index contributed by atoms with van der Waals surface area (Å²) in [5.74, 6) is -0.0996. The van der Waals surface area contributed by atoms with Crippen LogP contribution in [0, 0.1) is 11.2 Å². The molecule has 1 aromatic heterocycles. The third kappa shape index (κ3) is 2.83. The average molecular weight is 491 g/mol. The van der Waals surface area contributed by atoms with E-state index in [2.05, 4.69) is 66.9 Å². The van der Waals surface area contributed by atoms with Crippen molar-refractivity contribution in [1.82, 2.24) is 4.98 Å². The number of anilines is 1. The molecule has 1 heterocycles. The van der Waals surface area contributed by atoms with Crippen molar-refractivity contribution in [3.05, 3.63) is 119 Å². The number of hydrogen-bond donors (Lipinski definition) is 1. The molecule has 3 bridgehead atoms. The Morgan fingerprint density at radius 2 is 1.86 bits per heavy atom. The number of rotatable bonds is 3. The number of carbonyl (C=O) groups is 1. The molecule has 4 aromatic rings. The standard InChI is InChI=1S/C31H23FN2OS/c1-30(17-24-19-8-6-7-15-31(30,16-19)25-12-5-4-10-21(24)25)28(35)34-29-33-27(18-36-29)23-13-14-26(32)22-11-3-2-9-20(22)23/h2-16,18,24H,17H2,1H3,(H,33,34,35). The van der Waals surface area contributed by atoms with Crippen LogP contribution in [0.3, 0.4) is 0 Å². The molecule has 0 saturated carbocycles. The van der Waals surface area contributed by atoms with Crippen LogP contribution in [0.5, 0.6) is 0 Å². The van der Waals surface area contributed by atoms with Gasteiger partial charge >= 0.3 is 0 Å². The zero-order valence-electron chi connectivity index (χ0n) is 19.7. The maximum Gasteiger partial charge on any atom is 0.233 e. The van der Waals surface area contributed by atoms with Crippen molar-refractivity contribution in [3.63, 3.8) is 0 Å². The smallest absolute Gasteiger partial charge is 0.233 e. The average Bonchev–Trinajstić information content (AvgIpc) is 3.28. The van der Waals surface area contributed by atoms with Gasteiger partial charge in [-0.2, -0.15) is 0 Å². The second kappa shape index (κ2) is 7.58. The number of benzene rings is 3. The van der Waals surface area contributed by atoms with E-state index >= 15 is 0 Å². The molecule has 3 unspecified atom stereocenters. The van der Waals surface area contributed by atoms with Crippen molar-refractivity contribution >= 4 is 33.1 Å². The lowest BCUT2D eigenvalue weighted by molar-refractivity contribution is -0.128. The predicted molar refractivity (Wildman–Crippen MR) is 144 cm³/mol. The Bertz CT molecular complexity index is 1660. The second-order valence-corrected chi connectivity index (χ2v) is 10.9. The fourth-order valence-corrected chi connectivity index (χ4v) is 7.08. The zero-order valence-corrected chi connectivity index (χ0v) is 20.5. The first-order valence-corrected chi connectivity index (χ1v) is 13.0. The van der Waals surface area contributed by atoms with E-state index in [1.807, 2.05) is 23.6 Å². The summed E-state index contributed by atoms with van der Waals surface area (Å²) in [7, 11) is 0. The Kier molecular flexibility index (Phi) is 4.52. The number of amides is 1. The first-order chi connectivity index (χ1) is 17.5. The number of fused-ring (bicyclic) bond motifs is 2. The van der Waals surface area contributed by atoms with Crippen LogP contribution in [0.4, 0.5) is 9.52 Å². The molecule has 0 radical (unpaired) electrons. The normalized spacial score (nSPS) is 25.4. The highest BCUT2D eigenvalue weighted by atomic mass is 32.1. The Morgan fingerprint density at radius 3 is 2.75 bits per heavy atom. The molecule has 1 spiro atoms. The fraction of sp³-hybridized carbons (Fsp3) is 0.161. The SMILES string of the molecule is CC1(C(=O)Nc2nc(-c3ccc(F)c4ccccc34)cs2)CC2C3=CC1(C=CC=C3)c1ccccc12. The van der Waals surface area contributed by atoms with E-state index in [0.717, 1.165) is 23.1 Å². The maximum absolute atomic E-state index is 14.3. The van der Waals surface area contributed by atoms with Crippen LogP contribution in [0.2, 0.25) is 0 Å². The topological polar surface area (TPSA) is 42.0 Å². The number of allylic oxidation sites excluding steroid dienone is 6. The Labute approximate surface area is 212 Å². The number of nitrogens with one attached hydrogen (secondary N) is 1. The molecular weight excluding hydrogens is 467 g/mol. The van der Waals surface area contributed by atoms with Crippen molar-refractivity contribution in [2.24, 2.45) is 5.41 Å². The van der Waals surface area contributed by atoms with E-state index in [4.69, 9.17) is 4.98 Å². The summed E-state index contributed by atoms with van der Waals surface area (Å²) in [6.07, 6.45) is 11.5. The van der Waals surface area contributed by atoms with Crippen LogP contribution in [-0.4, -0.2) is 10.9 Å². The first-order valence-electron chi connectivity index (χ1n) is 12.1. The van der Waals surface area contributed by atoms with Crippen LogP contribution >= 0.6 is 11.3 Å². The number of halogens is 1. The van der Waals surface area contributed by atoms with Gasteiger partial charge in [0, 0.05) is 27.7 Å². The minimum atomic E-state index is -0.674. The fourth-order valence-electron chi connectivity index (χ4n) is 6.38. The molecule has 3 nitrogen and oxygen atoms in total. The first kappa shape index (κ1) is 21.5. The lowest BCUT2D eigenvalue weighted by Crippen LogP contribution is -2.55. The van der Waals surface area contributed by atoms with Crippen molar-refractivity contribution in [2.45, 2.75) is 24.7 Å². The Morgan fingerprint density at radius 1 is 1.06 bits per heavy atom. The summed E-state index contributed by atoms with van der Waals surface area (Å²) >= 11 is 1.40. The minimum Gasteiger partial charge on any atom is -0.301 e. The molecule has 176 valence electrons. The zero-order chi connectivity index (χ0) is 24.5. The summed E-state index contributed by atoms with van der Waals surface area (Å²) in [6, 6.07) is 19.1. The highest BCUT2D eigenvalue weighted by Gasteiger charge is 2.60. The van der Waals surface area contributed by atoms with E-state index in [9.17, 15) is 9.18 Å². The van der Waals surface area contributed by atoms with Gasteiger partial charge in [-0.05, 0) is 47.6 Å². The molecule has 5 heteroatoms. The van der Waals surface area contributed by atoms with Crippen LogP contribution in [-0.2, 0) is 10.2 Å². The van der Waals surface area contributed by atoms with Gasteiger partial charge in [0.25, 0.3) is 0 Å². The molecule has 0 saturated heterocycles. The molecule has 3 aromatic carbocycles. The number of hydrogen-bond acceptors (Lipinski definition) is 3. The molecule has 3 atom stereocenters. The van der Waals surface area contributed by atoms with Gasteiger partial charge in [-0.25, -0.2) is 9.37 Å². The van der Waals surface area contributed by atoms with Crippen LogP contribution in [0.15, 0.2) is 102 Å². The maximum atomic E-state index is 14.3. The monoisotopic (exact) mass is 490 g/mol. The van der Waals surface area contributed by atoms with Crippen LogP contribution in [0.1, 0.15) is 30.4 Å². The largest absolute Gasteiger partial charge is 0.301 e. The van der Waals surface area contributed by atoms with E-state index in [1.54, 1.807) is 12.1 Å². The molecule has 36 heavy (non-hydrogen) atoms. The molecular formula is C31H23FN2OS. The molecule has 1 amide bonds. The molecule has 8 rings (SSSR count). The second-order valence-electron chi connectivity index (χ2n) is 10.0. The summed E-state index contributed by atoms with van der Waals surface area (Å²) in [5, 5.41) is 6.99. The number of thiazole rings is 1. The number of carbonyl (C=O) groups excluding carboxylic acids is 1. The van der Waals surface area contributed by atoms with Crippen LogP contribution < -0.4 is 5.32 Å². The highest BCUT2D eigenvalue weighted by molar-refractivity contribution is 7.14. The lowest BCUT2D eigenvalue weighted by Gasteiger charge is -2.55. The van der Waals surface area contributed by atoms with Gasteiger partial charge in [0.15, 0.2) is 5.13 Å². The third-order valence-electron chi connectivity index (χ3n) is 8.24. The summed E-state index contributed by atoms with van der Waals surface area (Å²) in [6.45, 7) is 2.08. The van der Waals surface area contributed by atoms with Gasteiger partial charge in [0.1, 0.15) is 5.82 Å². The minimum absolute atomic E-state index is 0.0336. The van der Waals surface area contributed by atoms with Crippen molar-refractivity contribution in [3.8, 4) is 11.3 Å². The molecule has 0 aliphatic heterocycles. The van der Waals surface area contributed by atoms with Crippen molar-refractivity contribution in [1.29, 1.82) is 0 Å². The highest BCUT2D eigenvalue weighted by Crippen LogP contribution is 2.63. The molecule has 1 N–H and O–H groups in total. The summed E-state index contributed by atoms with van der Waals surface area (Å²) in [4.78, 5) is 18.8. The van der Waals surface area contributed by atoms with Crippen molar-refractivity contribution < 1.29 is 9.18 Å². The van der Waals surface area contributed by atoms with Crippen LogP contribution in [0.25, 0.3) is 22.0 Å². The van der Waals surface area contributed by atoms with Gasteiger partial charge in [0.05, 0.1) is 11.1 Å². The quantitative estimate of drug-likeness (QED) is 0.322. The number of nitrogens with zero attached hydrogens (tertiary/aromatic N) is 1. The van der Waals surface area contributed by atoms with Gasteiger partial charge in [0.2, 0.25) is 5.91 Å². The van der Waals surface area contributed by atoms with Gasteiger partial charge in [-0.3, -0.25) is 4.79 Å². The molecule has 4 aliphatic rings. The summed E-state index contributed by atoms with van der Waals surface area (Å²) in [5.41, 5.74) is 4.19. The Balaban J connectivity index is 1.26. The third-order valence-corrected chi connectivity index (χ3v) is 8.99. The molecule has 0 fully saturated rings. The van der Waals surface area contributed by atoms with E-state index in [1.165, 1.54) is 34.1 Å². The number of aromatic nitrogens is 1. The van der Waals surface area contributed by atoms with E-state index in [-0.39, 0.29) is 17.6 Å². The van der Waals surface area contributed by atoms with Crippen molar-refractivity contribution in [2.75, 3.05) is 5.32 Å².